The monoisotopic (exact) mass is 348 g/mol. The van der Waals surface area contributed by atoms with Crippen LogP contribution in [0, 0.1) is 5.92 Å². The van der Waals surface area contributed by atoms with E-state index < -0.39 is 11.6 Å². The molecule has 1 rings (SSSR count). The van der Waals surface area contributed by atoms with Gasteiger partial charge in [0.05, 0.1) is 17.6 Å². The van der Waals surface area contributed by atoms with Gasteiger partial charge in [0.1, 0.15) is 11.5 Å². The molecular formula is C20H32N2O3. The summed E-state index contributed by atoms with van der Waals surface area (Å²) in [5, 5.41) is 12.6. The second-order valence-corrected chi connectivity index (χ2v) is 7.61. The van der Waals surface area contributed by atoms with Crippen molar-refractivity contribution in [3.05, 3.63) is 29.8 Å². The molecule has 0 aromatic heterocycles. The van der Waals surface area contributed by atoms with Crippen LogP contribution in [0.2, 0.25) is 0 Å². The second-order valence-electron chi connectivity index (χ2n) is 7.61. The number of benzene rings is 1. The van der Waals surface area contributed by atoms with Gasteiger partial charge >= 0.3 is 0 Å². The highest BCUT2D eigenvalue weighted by Crippen LogP contribution is 2.17. The van der Waals surface area contributed by atoms with Crippen molar-refractivity contribution < 1.29 is 14.7 Å². The van der Waals surface area contributed by atoms with Crippen LogP contribution in [0.25, 0.3) is 0 Å². The summed E-state index contributed by atoms with van der Waals surface area (Å²) in [7, 11) is 0. The molecule has 0 bridgehead atoms. The van der Waals surface area contributed by atoms with E-state index in [-0.39, 0.29) is 23.4 Å². The maximum absolute atomic E-state index is 12.8. The zero-order chi connectivity index (χ0) is 19.2. The summed E-state index contributed by atoms with van der Waals surface area (Å²) < 4.78 is 0. The topological polar surface area (TPSA) is 92.4 Å². The van der Waals surface area contributed by atoms with Gasteiger partial charge in [0.25, 0.3) is 0 Å². The maximum atomic E-state index is 12.8. The first-order valence-electron chi connectivity index (χ1n) is 8.95. The first-order valence-corrected chi connectivity index (χ1v) is 8.95. The van der Waals surface area contributed by atoms with Crippen molar-refractivity contribution in [2.75, 3.05) is 0 Å². The third-order valence-electron chi connectivity index (χ3n) is 4.32. The quantitative estimate of drug-likeness (QED) is 0.604. The minimum absolute atomic E-state index is 0.113. The lowest BCUT2D eigenvalue weighted by atomic mass is 9.87. The third-order valence-corrected chi connectivity index (χ3v) is 4.32. The van der Waals surface area contributed by atoms with E-state index in [1.165, 1.54) is 0 Å². The van der Waals surface area contributed by atoms with Crippen molar-refractivity contribution >= 4 is 11.6 Å². The van der Waals surface area contributed by atoms with Crippen LogP contribution >= 0.6 is 0 Å². The highest BCUT2D eigenvalue weighted by atomic mass is 16.3. The Morgan fingerprint density at radius 1 is 1.20 bits per heavy atom. The van der Waals surface area contributed by atoms with Crippen LogP contribution in [0.4, 0.5) is 0 Å². The number of nitrogens with one attached hydrogen (secondary N) is 1. The van der Waals surface area contributed by atoms with Crippen molar-refractivity contribution in [1.82, 2.24) is 5.32 Å². The molecule has 5 nitrogen and oxygen atoms in total. The zero-order valence-corrected chi connectivity index (χ0v) is 16.0. The molecule has 25 heavy (non-hydrogen) atoms. The number of hydrogen-bond donors (Lipinski definition) is 3. The number of rotatable bonds is 10. The Balaban J connectivity index is 2.81. The summed E-state index contributed by atoms with van der Waals surface area (Å²) in [6.07, 6.45) is 1.52. The van der Waals surface area contributed by atoms with Gasteiger partial charge in [-0.3, -0.25) is 14.9 Å². The molecule has 0 aliphatic carbocycles. The van der Waals surface area contributed by atoms with E-state index in [2.05, 4.69) is 19.2 Å². The fourth-order valence-corrected chi connectivity index (χ4v) is 2.94. The van der Waals surface area contributed by atoms with E-state index in [1.54, 1.807) is 38.1 Å². The Morgan fingerprint density at radius 2 is 1.76 bits per heavy atom. The van der Waals surface area contributed by atoms with Gasteiger partial charge < -0.3 is 10.8 Å². The first-order chi connectivity index (χ1) is 11.6. The summed E-state index contributed by atoms with van der Waals surface area (Å²) in [5.74, 6) is 0.518. The van der Waals surface area contributed by atoms with Gasteiger partial charge in [-0.15, -0.1) is 0 Å². The number of phenolic OH excluding ortho intramolecular Hbond substituents is 1. The summed E-state index contributed by atoms with van der Waals surface area (Å²) in [4.78, 5) is 25.0. The number of nitrogens with two attached hydrogens (primary N) is 1. The van der Waals surface area contributed by atoms with Gasteiger partial charge in [-0.1, -0.05) is 32.9 Å². The summed E-state index contributed by atoms with van der Waals surface area (Å²) in [5.41, 5.74) is 6.12. The normalized spacial score (nSPS) is 14.4. The Morgan fingerprint density at radius 3 is 2.24 bits per heavy atom. The standard InChI is InChI=1S/C20H32N2O3/c1-6-18(24)17(11-13(2)3)22-20(4,5)19(25)16(21)12-14-7-9-15(23)10-8-14/h7-10,13,16-17,22-23H,6,11-12,21H2,1-5H3/t16-,17+/m0/s1. The third kappa shape index (κ3) is 6.59. The molecule has 1 aromatic carbocycles. The molecule has 0 fully saturated rings. The molecule has 0 saturated heterocycles. The van der Waals surface area contributed by atoms with E-state index in [4.69, 9.17) is 5.73 Å². The predicted octanol–water partition coefficient (Wildman–Crippen LogP) is 2.59. The Hall–Kier alpha value is -1.72. The first kappa shape index (κ1) is 21.3. The SMILES string of the molecule is CCC(=O)[C@@H](CC(C)C)NC(C)(C)C(=O)[C@@H](N)Cc1ccc(O)cc1. The van der Waals surface area contributed by atoms with Crippen molar-refractivity contribution in [3.8, 4) is 5.75 Å². The van der Waals surface area contributed by atoms with Crippen LogP contribution in [-0.4, -0.2) is 34.3 Å². The van der Waals surface area contributed by atoms with Crippen molar-refractivity contribution in [1.29, 1.82) is 0 Å². The molecule has 0 amide bonds. The highest BCUT2D eigenvalue weighted by molar-refractivity contribution is 5.93. The lowest BCUT2D eigenvalue weighted by Gasteiger charge is -2.32. The largest absolute Gasteiger partial charge is 0.508 e. The average molecular weight is 348 g/mol. The Kier molecular flexibility index (Phi) is 7.77. The van der Waals surface area contributed by atoms with Crippen LogP contribution in [0.5, 0.6) is 5.75 Å². The van der Waals surface area contributed by atoms with E-state index in [1.807, 2.05) is 6.92 Å². The number of phenols is 1. The minimum atomic E-state index is -0.888. The highest BCUT2D eigenvalue weighted by Gasteiger charge is 2.35. The molecule has 0 aliphatic rings. The van der Waals surface area contributed by atoms with Gasteiger partial charge in [-0.25, -0.2) is 0 Å². The summed E-state index contributed by atoms with van der Waals surface area (Å²) >= 11 is 0. The maximum Gasteiger partial charge on any atom is 0.169 e. The van der Waals surface area contributed by atoms with E-state index in [9.17, 15) is 14.7 Å². The summed E-state index contributed by atoms with van der Waals surface area (Å²) in [6, 6.07) is 5.65. The fourth-order valence-electron chi connectivity index (χ4n) is 2.94. The number of Topliss-reactive ketones (excluding diaryl/α,β-unsaturated/α-hetero) is 2. The molecule has 0 spiro atoms. The Labute approximate surface area is 151 Å². The fraction of sp³-hybridized carbons (Fsp3) is 0.600. The number of hydrogen-bond acceptors (Lipinski definition) is 5. The molecule has 0 saturated carbocycles. The molecule has 1 aromatic rings. The molecule has 0 heterocycles. The van der Waals surface area contributed by atoms with Crippen molar-refractivity contribution in [2.24, 2.45) is 11.7 Å². The molecule has 0 aliphatic heterocycles. The van der Waals surface area contributed by atoms with Crippen LogP contribution in [0.15, 0.2) is 24.3 Å². The van der Waals surface area contributed by atoms with Crippen LogP contribution in [-0.2, 0) is 16.0 Å². The predicted molar refractivity (Wildman–Crippen MR) is 101 cm³/mol. The molecule has 2 atom stereocenters. The second kappa shape index (κ2) is 9.11. The molecule has 5 heteroatoms. The van der Waals surface area contributed by atoms with Crippen LogP contribution < -0.4 is 11.1 Å². The van der Waals surface area contributed by atoms with Crippen molar-refractivity contribution in [3.63, 3.8) is 0 Å². The van der Waals surface area contributed by atoms with Gasteiger partial charge in [0.15, 0.2) is 5.78 Å². The van der Waals surface area contributed by atoms with Gasteiger partial charge in [-0.05, 0) is 50.3 Å². The van der Waals surface area contributed by atoms with E-state index in [0.29, 0.717) is 25.2 Å². The van der Waals surface area contributed by atoms with Crippen LogP contribution in [0.3, 0.4) is 0 Å². The van der Waals surface area contributed by atoms with Gasteiger partial charge in [0.2, 0.25) is 0 Å². The van der Waals surface area contributed by atoms with Crippen LogP contribution in [0.1, 0.15) is 53.0 Å². The van der Waals surface area contributed by atoms with Gasteiger partial charge in [0, 0.05) is 6.42 Å². The number of carbonyl (C=O) groups excluding carboxylic acids is 2. The molecule has 0 radical (unpaired) electrons. The summed E-state index contributed by atoms with van der Waals surface area (Å²) in [6.45, 7) is 9.51. The molecular weight excluding hydrogens is 316 g/mol. The minimum Gasteiger partial charge on any atom is -0.508 e. The lowest BCUT2D eigenvalue weighted by Crippen LogP contribution is -2.59. The van der Waals surface area contributed by atoms with E-state index in [0.717, 1.165) is 5.56 Å². The number of carbonyl (C=O) groups is 2. The number of aromatic hydroxyl groups is 1. The number of ketones is 2. The lowest BCUT2D eigenvalue weighted by molar-refractivity contribution is -0.127. The molecule has 140 valence electrons. The Bertz CT molecular complexity index is 579. The van der Waals surface area contributed by atoms with Crippen molar-refractivity contribution in [2.45, 2.75) is 71.5 Å². The average Bonchev–Trinajstić information content (AvgIpc) is 2.54. The van der Waals surface area contributed by atoms with Gasteiger partial charge in [-0.2, -0.15) is 0 Å². The zero-order valence-electron chi connectivity index (χ0n) is 16.0. The molecule has 4 N–H and O–H groups in total. The van der Waals surface area contributed by atoms with E-state index >= 15 is 0 Å². The smallest absolute Gasteiger partial charge is 0.169 e. The molecule has 0 unspecified atom stereocenters.